The Kier molecular flexibility index (Phi) is 4.46. The molecule has 0 unspecified atom stereocenters. The van der Waals surface area contributed by atoms with Crippen LogP contribution in [0.3, 0.4) is 0 Å². The summed E-state index contributed by atoms with van der Waals surface area (Å²) in [6, 6.07) is 3.81. The number of benzene rings is 1. The fourth-order valence-electron chi connectivity index (χ4n) is 1.73. The van der Waals surface area contributed by atoms with Gasteiger partial charge in [-0.1, -0.05) is 23.4 Å². The van der Waals surface area contributed by atoms with Gasteiger partial charge < -0.3 is 10.2 Å². The number of nitrogens with one attached hydrogen (secondary N) is 1. The number of nitro benzene ring substituents is 1. The van der Waals surface area contributed by atoms with Crippen molar-refractivity contribution in [1.82, 2.24) is 5.32 Å². The number of nitro groups is 1. The Labute approximate surface area is 124 Å². The van der Waals surface area contributed by atoms with Crippen molar-refractivity contribution in [1.29, 1.82) is 0 Å². The highest BCUT2D eigenvalue weighted by molar-refractivity contribution is 8.14. The van der Waals surface area contributed by atoms with Crippen LogP contribution in [0.2, 0.25) is 5.02 Å². The highest BCUT2D eigenvalue weighted by atomic mass is 35.5. The number of carbonyl (C=O) groups excluding carboxylic acids is 1. The predicted molar refractivity (Wildman–Crippen MR) is 79.8 cm³/mol. The number of halogens is 1. The van der Waals surface area contributed by atoms with Gasteiger partial charge >= 0.3 is 6.03 Å². The maximum Gasteiger partial charge on any atom is 0.343 e. The molecule has 1 aromatic carbocycles. The van der Waals surface area contributed by atoms with E-state index in [0.717, 1.165) is 0 Å². The van der Waals surface area contributed by atoms with Crippen molar-refractivity contribution in [3.05, 3.63) is 33.3 Å². The number of nitrogens with zero attached hydrogens (tertiary/aromatic N) is 3. The zero-order valence-corrected chi connectivity index (χ0v) is 12.1. The number of rotatable bonds is 2. The van der Waals surface area contributed by atoms with E-state index in [4.69, 9.17) is 11.6 Å². The summed E-state index contributed by atoms with van der Waals surface area (Å²) in [4.78, 5) is 27.4. The zero-order chi connectivity index (χ0) is 14.7. The molecule has 1 fully saturated rings. The Morgan fingerprint density at radius 2 is 2.35 bits per heavy atom. The maximum atomic E-state index is 11.3. The SMILES string of the molecule is CNC(=O)/N=C1/SCCN1c1cc(Cl)ccc1[N+](=O)[O-]. The smallest absolute Gasteiger partial charge is 0.339 e. The van der Waals surface area contributed by atoms with Crippen LogP contribution in [0.5, 0.6) is 0 Å². The number of carbonyl (C=O) groups is 1. The highest BCUT2D eigenvalue weighted by Crippen LogP contribution is 2.35. The molecule has 1 aliphatic rings. The summed E-state index contributed by atoms with van der Waals surface area (Å²) in [5.41, 5.74) is 0.275. The Balaban J connectivity index is 2.44. The summed E-state index contributed by atoms with van der Waals surface area (Å²) < 4.78 is 0. The van der Waals surface area contributed by atoms with Gasteiger partial charge in [0.25, 0.3) is 5.69 Å². The number of hydrogen-bond donors (Lipinski definition) is 1. The van der Waals surface area contributed by atoms with Gasteiger partial charge in [-0.25, -0.2) is 4.79 Å². The van der Waals surface area contributed by atoms with Crippen molar-refractivity contribution >= 4 is 45.9 Å². The van der Waals surface area contributed by atoms with Crippen LogP contribution < -0.4 is 10.2 Å². The third-order valence-electron chi connectivity index (χ3n) is 2.61. The number of amidine groups is 1. The van der Waals surface area contributed by atoms with Crippen molar-refractivity contribution in [2.24, 2.45) is 4.99 Å². The highest BCUT2D eigenvalue weighted by Gasteiger charge is 2.28. The van der Waals surface area contributed by atoms with Crippen LogP contribution in [0.4, 0.5) is 16.2 Å². The van der Waals surface area contributed by atoms with Crippen LogP contribution >= 0.6 is 23.4 Å². The zero-order valence-electron chi connectivity index (χ0n) is 10.5. The van der Waals surface area contributed by atoms with Crippen molar-refractivity contribution in [2.75, 3.05) is 24.2 Å². The van der Waals surface area contributed by atoms with Gasteiger partial charge in [-0.3, -0.25) is 10.1 Å². The molecule has 106 valence electrons. The lowest BCUT2D eigenvalue weighted by atomic mass is 10.2. The summed E-state index contributed by atoms with van der Waals surface area (Å²) in [6.07, 6.45) is 0. The molecule has 1 heterocycles. The molecule has 1 aromatic rings. The molecule has 0 aromatic heterocycles. The molecule has 20 heavy (non-hydrogen) atoms. The van der Waals surface area contributed by atoms with E-state index in [1.807, 2.05) is 0 Å². The quantitative estimate of drug-likeness (QED) is 0.669. The molecule has 0 bridgehead atoms. The second-order valence-corrected chi connectivity index (χ2v) is 5.34. The van der Waals surface area contributed by atoms with Crippen LogP contribution in [-0.4, -0.2) is 35.5 Å². The van der Waals surface area contributed by atoms with Crippen LogP contribution in [0.1, 0.15) is 0 Å². The second-order valence-electron chi connectivity index (χ2n) is 3.84. The normalized spacial score (nSPS) is 16.5. The first-order valence-corrected chi connectivity index (χ1v) is 7.04. The fraction of sp³-hybridized carbons (Fsp3) is 0.273. The molecule has 1 saturated heterocycles. The lowest BCUT2D eigenvalue weighted by Crippen LogP contribution is -2.27. The van der Waals surface area contributed by atoms with Gasteiger partial charge in [-0.2, -0.15) is 4.99 Å². The Hall–Kier alpha value is -1.80. The Morgan fingerprint density at radius 3 is 3.00 bits per heavy atom. The molecule has 1 N–H and O–H groups in total. The summed E-state index contributed by atoms with van der Waals surface area (Å²) in [7, 11) is 1.47. The standard InChI is InChI=1S/C11H11ClN4O3S/c1-13-10(17)14-11-15(4-5-20-11)9-6-7(12)2-3-8(9)16(18)19/h2-3,6H,4-5H2,1H3,(H,13,17)/b14-11+. The number of urea groups is 1. The Morgan fingerprint density at radius 1 is 1.60 bits per heavy atom. The molecule has 0 aliphatic carbocycles. The van der Waals surface area contributed by atoms with Crippen LogP contribution in [0.15, 0.2) is 23.2 Å². The van der Waals surface area contributed by atoms with Gasteiger partial charge in [0.1, 0.15) is 5.69 Å². The van der Waals surface area contributed by atoms with E-state index in [9.17, 15) is 14.9 Å². The average Bonchev–Trinajstić information content (AvgIpc) is 2.86. The van der Waals surface area contributed by atoms with Gasteiger partial charge in [0.2, 0.25) is 0 Å². The molecule has 9 heteroatoms. The molecule has 7 nitrogen and oxygen atoms in total. The number of aliphatic imine (C=N–C) groups is 1. The lowest BCUT2D eigenvalue weighted by molar-refractivity contribution is -0.384. The van der Waals surface area contributed by atoms with E-state index < -0.39 is 11.0 Å². The average molecular weight is 315 g/mol. The minimum absolute atomic E-state index is 0.0680. The number of thioether (sulfide) groups is 1. The molecule has 0 atom stereocenters. The van der Waals surface area contributed by atoms with Crippen molar-refractivity contribution < 1.29 is 9.72 Å². The largest absolute Gasteiger partial charge is 0.343 e. The summed E-state index contributed by atoms with van der Waals surface area (Å²) >= 11 is 7.27. The van der Waals surface area contributed by atoms with Gasteiger partial charge in [0, 0.05) is 30.4 Å². The first kappa shape index (κ1) is 14.6. The second kappa shape index (κ2) is 6.10. The van der Waals surface area contributed by atoms with Crippen LogP contribution in [-0.2, 0) is 0 Å². The number of anilines is 1. The van der Waals surface area contributed by atoms with Gasteiger partial charge in [0.15, 0.2) is 5.17 Å². The molecule has 2 rings (SSSR count). The molecule has 2 amide bonds. The minimum Gasteiger partial charge on any atom is -0.339 e. The molecule has 0 saturated carbocycles. The summed E-state index contributed by atoms with van der Waals surface area (Å²) in [5, 5.41) is 14.3. The monoisotopic (exact) mass is 314 g/mol. The molecule has 0 radical (unpaired) electrons. The Bertz CT molecular complexity index is 593. The van der Waals surface area contributed by atoms with E-state index in [-0.39, 0.29) is 5.69 Å². The third kappa shape index (κ3) is 3.02. The predicted octanol–water partition coefficient (Wildman–Crippen LogP) is 2.50. The van der Waals surface area contributed by atoms with Crippen LogP contribution in [0, 0.1) is 10.1 Å². The lowest BCUT2D eigenvalue weighted by Gasteiger charge is -2.17. The van der Waals surface area contributed by atoms with E-state index >= 15 is 0 Å². The molecular weight excluding hydrogens is 304 g/mol. The van der Waals surface area contributed by atoms with Crippen molar-refractivity contribution in [3.8, 4) is 0 Å². The van der Waals surface area contributed by atoms with Crippen molar-refractivity contribution in [3.63, 3.8) is 0 Å². The maximum absolute atomic E-state index is 11.3. The van der Waals surface area contributed by atoms with E-state index in [1.54, 1.807) is 4.90 Å². The van der Waals surface area contributed by atoms with Gasteiger partial charge in [0.05, 0.1) is 4.92 Å². The minimum atomic E-state index is -0.496. The first-order valence-electron chi connectivity index (χ1n) is 5.67. The number of hydrogen-bond acceptors (Lipinski definition) is 4. The van der Waals surface area contributed by atoms with E-state index in [0.29, 0.717) is 28.2 Å². The van der Waals surface area contributed by atoms with Crippen LogP contribution in [0.25, 0.3) is 0 Å². The number of amides is 2. The van der Waals surface area contributed by atoms with Crippen molar-refractivity contribution in [2.45, 2.75) is 0 Å². The third-order valence-corrected chi connectivity index (χ3v) is 3.80. The molecular formula is C11H11ClN4O3S. The fourth-order valence-corrected chi connectivity index (χ4v) is 2.84. The summed E-state index contributed by atoms with van der Waals surface area (Å²) in [5.74, 6) is 0.694. The van der Waals surface area contributed by atoms with E-state index in [1.165, 1.54) is 37.0 Å². The first-order chi connectivity index (χ1) is 9.52. The van der Waals surface area contributed by atoms with Gasteiger partial charge in [-0.15, -0.1) is 0 Å². The molecule has 1 aliphatic heterocycles. The topological polar surface area (TPSA) is 87.8 Å². The molecule has 0 spiro atoms. The summed E-state index contributed by atoms with van der Waals surface area (Å²) in [6.45, 7) is 0.529. The van der Waals surface area contributed by atoms with Gasteiger partial charge in [-0.05, 0) is 12.1 Å². The van der Waals surface area contributed by atoms with E-state index in [2.05, 4.69) is 10.3 Å².